The molecule has 0 N–H and O–H groups in total. The molecular formula is C23H27N3O3S. The van der Waals surface area contributed by atoms with E-state index in [1.807, 2.05) is 47.1 Å². The van der Waals surface area contributed by atoms with Gasteiger partial charge in [0.25, 0.3) is 5.91 Å². The molecule has 3 aromatic rings. The summed E-state index contributed by atoms with van der Waals surface area (Å²) in [4.78, 5) is 31.0. The van der Waals surface area contributed by atoms with Crippen LogP contribution >= 0.6 is 11.3 Å². The Kier molecular flexibility index (Phi) is 5.81. The normalized spacial score (nSPS) is 16.8. The maximum Gasteiger partial charge on any atom is 0.270 e. The number of thiophene rings is 1. The quantitative estimate of drug-likeness (QED) is 0.627. The van der Waals surface area contributed by atoms with Gasteiger partial charge in [0.1, 0.15) is 16.3 Å². The molecule has 1 fully saturated rings. The molecule has 0 radical (unpaired) electrons. The van der Waals surface area contributed by atoms with Gasteiger partial charge in [-0.3, -0.25) is 9.59 Å². The van der Waals surface area contributed by atoms with Gasteiger partial charge in [-0.1, -0.05) is 12.1 Å². The maximum atomic E-state index is 13.2. The van der Waals surface area contributed by atoms with Crippen molar-refractivity contribution in [2.45, 2.75) is 32.9 Å². The summed E-state index contributed by atoms with van der Waals surface area (Å²) >= 11 is 1.66. The minimum atomic E-state index is -0.0143. The third-order valence-corrected chi connectivity index (χ3v) is 6.74. The molecule has 1 atom stereocenters. The third kappa shape index (κ3) is 3.81. The number of amides is 2. The third-order valence-electron chi connectivity index (χ3n) is 5.79. The largest absolute Gasteiger partial charge is 0.497 e. The Labute approximate surface area is 180 Å². The predicted molar refractivity (Wildman–Crippen MR) is 119 cm³/mol. The average Bonchev–Trinajstić information content (AvgIpc) is 3.34. The second-order valence-corrected chi connectivity index (χ2v) is 8.56. The summed E-state index contributed by atoms with van der Waals surface area (Å²) in [5.74, 6) is 0.926. The molecule has 1 saturated heterocycles. The number of hydrogen-bond donors (Lipinski definition) is 0. The Morgan fingerprint density at radius 2 is 1.93 bits per heavy atom. The van der Waals surface area contributed by atoms with Crippen LogP contribution in [0.25, 0.3) is 10.2 Å². The number of hydrogen-bond acceptors (Lipinski definition) is 4. The molecule has 0 saturated carbocycles. The number of rotatable bonds is 5. The topological polar surface area (TPSA) is 54.8 Å². The van der Waals surface area contributed by atoms with Crippen LogP contribution in [0.15, 0.2) is 41.8 Å². The number of piperazine rings is 1. The van der Waals surface area contributed by atoms with Crippen LogP contribution in [0.3, 0.4) is 0 Å². The van der Waals surface area contributed by atoms with E-state index in [-0.39, 0.29) is 17.9 Å². The molecule has 30 heavy (non-hydrogen) atoms. The van der Waals surface area contributed by atoms with Crippen molar-refractivity contribution in [2.75, 3.05) is 26.7 Å². The summed E-state index contributed by atoms with van der Waals surface area (Å²) in [7, 11) is 1.63. The molecule has 6 nitrogen and oxygen atoms in total. The van der Waals surface area contributed by atoms with Crippen molar-refractivity contribution in [1.29, 1.82) is 0 Å². The van der Waals surface area contributed by atoms with Crippen molar-refractivity contribution in [3.05, 3.63) is 53.0 Å². The molecule has 1 aliphatic heterocycles. The maximum absolute atomic E-state index is 13.2. The molecule has 1 aromatic carbocycles. The van der Waals surface area contributed by atoms with Gasteiger partial charge in [-0.15, -0.1) is 11.3 Å². The van der Waals surface area contributed by atoms with Gasteiger partial charge in [-0.05, 0) is 49.1 Å². The Morgan fingerprint density at radius 3 is 2.60 bits per heavy atom. The fourth-order valence-corrected chi connectivity index (χ4v) is 5.12. The zero-order valence-electron chi connectivity index (χ0n) is 17.6. The second kappa shape index (κ2) is 8.52. The second-order valence-electron chi connectivity index (χ2n) is 7.67. The Balaban J connectivity index is 1.42. The summed E-state index contributed by atoms with van der Waals surface area (Å²) in [5, 5.41) is 3.17. The van der Waals surface area contributed by atoms with Crippen LogP contribution in [0.5, 0.6) is 5.75 Å². The van der Waals surface area contributed by atoms with Crippen molar-refractivity contribution < 1.29 is 14.3 Å². The number of nitrogens with zero attached hydrogens (tertiary/aromatic N) is 3. The van der Waals surface area contributed by atoms with E-state index < -0.39 is 0 Å². The number of fused-ring (bicyclic) bond motifs is 1. The van der Waals surface area contributed by atoms with E-state index in [1.165, 1.54) is 0 Å². The lowest BCUT2D eigenvalue weighted by Crippen LogP contribution is -2.56. The highest BCUT2D eigenvalue weighted by atomic mass is 32.1. The summed E-state index contributed by atoms with van der Waals surface area (Å²) in [6.45, 7) is 6.51. The van der Waals surface area contributed by atoms with E-state index in [9.17, 15) is 9.59 Å². The minimum absolute atomic E-state index is 0.0143. The number of aryl methyl sites for hydroxylation is 1. The van der Waals surface area contributed by atoms with E-state index in [1.54, 1.807) is 18.4 Å². The molecular weight excluding hydrogens is 398 g/mol. The number of aromatic nitrogens is 1. The Bertz CT molecular complexity index is 1050. The standard InChI is InChI=1S/C23H27N3O3S/c1-4-25-20(14-18-9-12-30-23(18)25)22(28)24-10-11-26(16(2)15-24)21(27)13-17-5-7-19(29-3)8-6-17/h5-9,12,14,16H,4,10-11,13,15H2,1-3H3. The number of methoxy groups -OCH3 is 1. The monoisotopic (exact) mass is 425 g/mol. The van der Waals surface area contributed by atoms with Gasteiger partial charge >= 0.3 is 0 Å². The molecule has 0 aliphatic carbocycles. The number of ether oxygens (including phenoxy) is 1. The van der Waals surface area contributed by atoms with Crippen molar-refractivity contribution in [2.24, 2.45) is 0 Å². The van der Waals surface area contributed by atoms with Crippen LogP contribution in [0.1, 0.15) is 29.9 Å². The van der Waals surface area contributed by atoms with Crippen molar-refractivity contribution in [3.63, 3.8) is 0 Å². The Hall–Kier alpha value is -2.80. The van der Waals surface area contributed by atoms with Crippen molar-refractivity contribution in [1.82, 2.24) is 14.4 Å². The fourth-order valence-electron chi connectivity index (χ4n) is 4.16. The van der Waals surface area contributed by atoms with E-state index >= 15 is 0 Å². The number of benzene rings is 1. The SMILES string of the molecule is CCn1c(C(=O)N2CCN(C(=O)Cc3ccc(OC)cc3)C(C)C2)cc2ccsc21. The first-order valence-electron chi connectivity index (χ1n) is 10.3. The van der Waals surface area contributed by atoms with Crippen LogP contribution in [0.2, 0.25) is 0 Å². The van der Waals surface area contributed by atoms with Gasteiger partial charge in [-0.25, -0.2) is 0 Å². The molecule has 0 bridgehead atoms. The lowest BCUT2D eigenvalue weighted by molar-refractivity contribution is -0.134. The highest BCUT2D eigenvalue weighted by Gasteiger charge is 2.31. The van der Waals surface area contributed by atoms with Crippen LogP contribution < -0.4 is 4.74 Å². The smallest absolute Gasteiger partial charge is 0.270 e. The van der Waals surface area contributed by atoms with E-state index in [0.717, 1.165) is 33.8 Å². The van der Waals surface area contributed by atoms with Gasteiger partial charge < -0.3 is 19.1 Å². The van der Waals surface area contributed by atoms with E-state index in [0.29, 0.717) is 26.1 Å². The van der Waals surface area contributed by atoms with Crippen LogP contribution in [0.4, 0.5) is 0 Å². The first-order valence-corrected chi connectivity index (χ1v) is 11.2. The van der Waals surface area contributed by atoms with Gasteiger partial charge in [0.15, 0.2) is 0 Å². The molecule has 3 heterocycles. The van der Waals surface area contributed by atoms with Crippen LogP contribution in [-0.2, 0) is 17.8 Å². The highest BCUT2D eigenvalue weighted by molar-refractivity contribution is 7.16. The first-order chi connectivity index (χ1) is 14.5. The Morgan fingerprint density at radius 1 is 1.17 bits per heavy atom. The first kappa shape index (κ1) is 20.5. The van der Waals surface area contributed by atoms with Gasteiger partial charge in [0.2, 0.25) is 5.91 Å². The molecule has 0 spiro atoms. The molecule has 4 rings (SSSR count). The zero-order chi connectivity index (χ0) is 21.3. The molecule has 158 valence electrons. The zero-order valence-corrected chi connectivity index (χ0v) is 18.4. The molecule has 1 aliphatic rings. The number of carbonyl (C=O) groups excluding carboxylic acids is 2. The summed E-state index contributed by atoms with van der Waals surface area (Å²) < 4.78 is 7.27. The van der Waals surface area contributed by atoms with Crippen LogP contribution in [0, 0.1) is 0 Å². The summed E-state index contributed by atoms with van der Waals surface area (Å²) in [5.41, 5.74) is 1.71. The highest BCUT2D eigenvalue weighted by Crippen LogP contribution is 2.27. The lowest BCUT2D eigenvalue weighted by Gasteiger charge is -2.40. The molecule has 7 heteroatoms. The summed E-state index contributed by atoms with van der Waals surface area (Å²) in [6.07, 6.45) is 0.358. The van der Waals surface area contributed by atoms with Gasteiger partial charge in [0, 0.05) is 37.6 Å². The molecule has 1 unspecified atom stereocenters. The molecule has 2 amide bonds. The minimum Gasteiger partial charge on any atom is -0.497 e. The predicted octanol–water partition coefficient (Wildman–Crippen LogP) is 3.65. The fraction of sp³-hybridized carbons (Fsp3) is 0.391. The molecule has 2 aromatic heterocycles. The number of carbonyl (C=O) groups is 2. The van der Waals surface area contributed by atoms with Gasteiger partial charge in [0.05, 0.1) is 13.5 Å². The van der Waals surface area contributed by atoms with Crippen LogP contribution in [-0.4, -0.2) is 59.0 Å². The summed E-state index contributed by atoms with van der Waals surface area (Å²) in [6, 6.07) is 11.6. The van der Waals surface area contributed by atoms with E-state index in [2.05, 4.69) is 22.9 Å². The van der Waals surface area contributed by atoms with Crippen molar-refractivity contribution >= 4 is 33.4 Å². The van der Waals surface area contributed by atoms with Crippen molar-refractivity contribution in [3.8, 4) is 5.75 Å². The van der Waals surface area contributed by atoms with Gasteiger partial charge in [-0.2, -0.15) is 0 Å². The van der Waals surface area contributed by atoms with E-state index in [4.69, 9.17) is 4.74 Å². The average molecular weight is 426 g/mol. The lowest BCUT2D eigenvalue weighted by atomic mass is 10.1.